The second-order valence-corrected chi connectivity index (χ2v) is 8.73. The molecule has 0 aliphatic carbocycles. The number of esters is 2. The van der Waals surface area contributed by atoms with Crippen LogP contribution in [0.15, 0.2) is 81.6 Å². The van der Waals surface area contributed by atoms with Crippen LogP contribution in [0.1, 0.15) is 25.5 Å². The van der Waals surface area contributed by atoms with E-state index in [1.807, 2.05) is 0 Å². The highest BCUT2D eigenvalue weighted by molar-refractivity contribution is 6.31. The standard InChI is InChI=1S/C27H22ClFN2O7/c1-14-23(26(32)36-3)25(22-12-11-21(38-22)16-9-10-18(29)17(28)13-16)24(27(33)37-4)15(2)30(14)19-7-5-6-8-20(19)31(34)35/h5-13,25H,1-4H3. The molecule has 4 rings (SSSR count). The summed E-state index contributed by atoms with van der Waals surface area (Å²) < 4.78 is 29.9. The van der Waals surface area contributed by atoms with Crippen LogP contribution >= 0.6 is 11.6 Å². The van der Waals surface area contributed by atoms with Gasteiger partial charge in [-0.05, 0) is 50.2 Å². The van der Waals surface area contributed by atoms with Gasteiger partial charge in [0, 0.05) is 23.0 Å². The molecule has 0 spiro atoms. The first-order chi connectivity index (χ1) is 18.1. The number of ether oxygens (including phenoxy) is 2. The van der Waals surface area contributed by atoms with Gasteiger partial charge in [-0.25, -0.2) is 14.0 Å². The molecule has 0 atom stereocenters. The molecule has 0 radical (unpaired) electrons. The normalized spacial score (nSPS) is 14.1. The second-order valence-electron chi connectivity index (χ2n) is 8.33. The maximum absolute atomic E-state index is 13.7. The van der Waals surface area contributed by atoms with Crippen LogP contribution in [0.3, 0.4) is 0 Å². The topological polar surface area (TPSA) is 112 Å². The predicted molar refractivity (Wildman–Crippen MR) is 137 cm³/mol. The fourth-order valence-electron chi connectivity index (χ4n) is 4.57. The van der Waals surface area contributed by atoms with Gasteiger partial charge in [0.2, 0.25) is 0 Å². The van der Waals surface area contributed by atoms with E-state index >= 15 is 0 Å². The SMILES string of the molecule is COC(=O)C1=C(C)N(c2ccccc2[N+](=O)[O-])C(C)=C(C(=O)OC)C1c1ccc(-c2ccc(F)c(Cl)c2)o1. The Hall–Kier alpha value is -4.44. The molecule has 0 saturated heterocycles. The van der Waals surface area contributed by atoms with E-state index in [1.54, 1.807) is 32.0 Å². The summed E-state index contributed by atoms with van der Waals surface area (Å²) in [6.07, 6.45) is 0. The molecule has 0 unspecified atom stereocenters. The van der Waals surface area contributed by atoms with Gasteiger partial charge in [0.15, 0.2) is 0 Å². The molecule has 1 aliphatic rings. The zero-order chi connectivity index (χ0) is 27.7. The van der Waals surface area contributed by atoms with Gasteiger partial charge in [0.1, 0.15) is 23.0 Å². The number of nitro benzene ring substituents is 1. The monoisotopic (exact) mass is 540 g/mol. The molecule has 2 aromatic carbocycles. The number of carbonyl (C=O) groups excluding carboxylic acids is 2. The summed E-state index contributed by atoms with van der Waals surface area (Å²) in [5.74, 6) is -2.70. The maximum Gasteiger partial charge on any atom is 0.336 e. The van der Waals surface area contributed by atoms with Crippen molar-refractivity contribution in [1.29, 1.82) is 0 Å². The van der Waals surface area contributed by atoms with Gasteiger partial charge >= 0.3 is 11.9 Å². The third-order valence-electron chi connectivity index (χ3n) is 6.27. The van der Waals surface area contributed by atoms with Crippen LogP contribution < -0.4 is 4.90 Å². The average molecular weight is 541 g/mol. The van der Waals surface area contributed by atoms with Gasteiger partial charge in [-0.2, -0.15) is 0 Å². The lowest BCUT2D eigenvalue weighted by molar-refractivity contribution is -0.384. The average Bonchev–Trinajstić information content (AvgIpc) is 3.39. The van der Waals surface area contributed by atoms with E-state index in [0.717, 1.165) is 0 Å². The minimum absolute atomic E-state index is 0.0229. The fourth-order valence-corrected chi connectivity index (χ4v) is 4.75. The molecule has 1 aromatic heterocycles. The molecular weight excluding hydrogens is 519 g/mol. The molecule has 1 aliphatic heterocycles. The van der Waals surface area contributed by atoms with E-state index in [2.05, 4.69) is 0 Å². The highest BCUT2D eigenvalue weighted by Crippen LogP contribution is 2.47. The molecule has 0 N–H and O–H groups in total. The molecule has 2 heterocycles. The van der Waals surface area contributed by atoms with Crippen molar-refractivity contribution in [3.8, 4) is 11.3 Å². The number of nitrogens with zero attached hydrogens (tertiary/aromatic N) is 2. The number of anilines is 1. The first-order valence-electron chi connectivity index (χ1n) is 11.3. The lowest BCUT2D eigenvalue weighted by Gasteiger charge is -2.36. The van der Waals surface area contributed by atoms with Crippen LogP contribution in [0.2, 0.25) is 5.02 Å². The largest absolute Gasteiger partial charge is 0.466 e. The van der Waals surface area contributed by atoms with Crippen LogP contribution in [0.25, 0.3) is 11.3 Å². The van der Waals surface area contributed by atoms with Gasteiger partial charge in [-0.15, -0.1) is 0 Å². The molecule has 11 heteroatoms. The van der Waals surface area contributed by atoms with E-state index in [9.17, 15) is 24.1 Å². The number of halogens is 2. The molecule has 0 saturated carbocycles. The van der Waals surface area contributed by atoms with Crippen LogP contribution in [0.5, 0.6) is 0 Å². The summed E-state index contributed by atoms with van der Waals surface area (Å²) in [4.78, 5) is 39.0. The van der Waals surface area contributed by atoms with Crippen molar-refractivity contribution in [2.45, 2.75) is 19.8 Å². The Morgan fingerprint density at radius 2 is 1.61 bits per heavy atom. The Balaban J connectivity index is 1.97. The zero-order valence-electron chi connectivity index (χ0n) is 20.8. The van der Waals surface area contributed by atoms with E-state index < -0.39 is 28.6 Å². The molecular formula is C27H22ClFN2O7. The van der Waals surface area contributed by atoms with Crippen molar-refractivity contribution >= 4 is 34.9 Å². The second kappa shape index (κ2) is 10.5. The number of allylic oxidation sites excluding steroid dienone is 2. The number of carbonyl (C=O) groups is 2. The number of nitro groups is 1. The molecule has 3 aromatic rings. The third-order valence-corrected chi connectivity index (χ3v) is 6.56. The Morgan fingerprint density at radius 3 is 2.16 bits per heavy atom. The Labute approximate surface area is 221 Å². The van der Waals surface area contributed by atoms with Crippen molar-refractivity contribution in [3.05, 3.63) is 104 Å². The van der Waals surface area contributed by atoms with Gasteiger partial charge in [0.25, 0.3) is 5.69 Å². The van der Waals surface area contributed by atoms with Gasteiger partial charge in [0.05, 0.1) is 41.2 Å². The van der Waals surface area contributed by atoms with Crippen molar-refractivity contribution in [2.24, 2.45) is 0 Å². The third kappa shape index (κ3) is 4.54. The summed E-state index contributed by atoms with van der Waals surface area (Å²) in [6, 6.07) is 13.2. The number of hydrogen-bond acceptors (Lipinski definition) is 8. The number of benzene rings is 2. The van der Waals surface area contributed by atoms with Gasteiger partial charge in [-0.1, -0.05) is 23.7 Å². The van der Waals surface area contributed by atoms with E-state index in [0.29, 0.717) is 22.7 Å². The molecule has 0 bridgehead atoms. The van der Waals surface area contributed by atoms with Crippen molar-refractivity contribution < 1.29 is 32.8 Å². The smallest absolute Gasteiger partial charge is 0.336 e. The number of furan rings is 1. The Kier molecular flexibility index (Phi) is 7.36. The highest BCUT2D eigenvalue weighted by Gasteiger charge is 2.43. The Bertz CT molecular complexity index is 1490. The number of hydrogen-bond donors (Lipinski definition) is 0. The first-order valence-corrected chi connectivity index (χ1v) is 11.6. The van der Waals surface area contributed by atoms with Crippen LogP contribution in [0.4, 0.5) is 15.8 Å². The lowest BCUT2D eigenvalue weighted by Crippen LogP contribution is -2.35. The Morgan fingerprint density at radius 1 is 1.00 bits per heavy atom. The van der Waals surface area contributed by atoms with E-state index in [4.69, 9.17) is 25.5 Å². The molecule has 38 heavy (non-hydrogen) atoms. The summed E-state index contributed by atoms with van der Waals surface area (Å²) in [6.45, 7) is 3.19. The van der Waals surface area contributed by atoms with E-state index in [-0.39, 0.29) is 33.3 Å². The van der Waals surface area contributed by atoms with Crippen molar-refractivity contribution in [2.75, 3.05) is 19.1 Å². The minimum Gasteiger partial charge on any atom is -0.466 e. The quantitative estimate of drug-likeness (QED) is 0.208. The predicted octanol–water partition coefficient (Wildman–Crippen LogP) is 6.15. The summed E-state index contributed by atoms with van der Waals surface area (Å²) >= 11 is 5.93. The maximum atomic E-state index is 13.7. The summed E-state index contributed by atoms with van der Waals surface area (Å²) in [5, 5.41) is 11.7. The minimum atomic E-state index is -1.07. The molecule has 0 fully saturated rings. The molecule has 0 amide bonds. The summed E-state index contributed by atoms with van der Waals surface area (Å²) in [7, 11) is 2.37. The van der Waals surface area contributed by atoms with Gasteiger partial charge in [-0.3, -0.25) is 10.1 Å². The van der Waals surface area contributed by atoms with Crippen molar-refractivity contribution in [1.82, 2.24) is 0 Å². The fraction of sp³-hybridized carbons (Fsp3) is 0.185. The molecule has 9 nitrogen and oxygen atoms in total. The number of rotatable bonds is 6. The number of methoxy groups -OCH3 is 2. The van der Waals surface area contributed by atoms with Crippen molar-refractivity contribution in [3.63, 3.8) is 0 Å². The number of para-hydroxylation sites is 2. The van der Waals surface area contributed by atoms with Gasteiger partial charge < -0.3 is 18.8 Å². The highest BCUT2D eigenvalue weighted by atomic mass is 35.5. The van der Waals surface area contributed by atoms with Crippen LogP contribution in [0, 0.1) is 15.9 Å². The zero-order valence-corrected chi connectivity index (χ0v) is 21.5. The summed E-state index contributed by atoms with van der Waals surface area (Å²) in [5.41, 5.74) is 1.03. The molecule has 196 valence electrons. The lowest BCUT2D eigenvalue weighted by atomic mass is 9.82. The first kappa shape index (κ1) is 26.6. The van der Waals surface area contributed by atoms with Crippen LogP contribution in [-0.2, 0) is 19.1 Å². The van der Waals surface area contributed by atoms with Crippen LogP contribution in [-0.4, -0.2) is 31.1 Å². The van der Waals surface area contributed by atoms with E-state index in [1.165, 1.54) is 55.5 Å².